The van der Waals surface area contributed by atoms with Crippen molar-refractivity contribution in [3.63, 3.8) is 0 Å². The van der Waals surface area contributed by atoms with E-state index in [2.05, 4.69) is 27.3 Å². The molecule has 154 valence electrons. The van der Waals surface area contributed by atoms with Crippen molar-refractivity contribution in [1.29, 1.82) is 0 Å². The van der Waals surface area contributed by atoms with Gasteiger partial charge in [-0.1, -0.05) is 0 Å². The third-order valence-electron chi connectivity index (χ3n) is 4.35. The third-order valence-corrected chi connectivity index (χ3v) is 12.9. The molecule has 0 amide bonds. The van der Waals surface area contributed by atoms with Crippen LogP contribution in [-0.2, 0) is 14.3 Å². The van der Waals surface area contributed by atoms with Crippen molar-refractivity contribution in [2.45, 2.75) is 67.5 Å². The molecule has 0 bridgehead atoms. The van der Waals surface area contributed by atoms with Crippen LogP contribution in [0.3, 0.4) is 0 Å². The molecule has 0 aromatic rings. The quantitative estimate of drug-likeness (QED) is 0.0948. The molecular formula is C16H27I2O8-. The Hall–Kier alpha value is -0.210. The molecule has 4 N–H and O–H groups in total. The van der Waals surface area contributed by atoms with Crippen molar-refractivity contribution in [1.82, 2.24) is 0 Å². The molecule has 26 heavy (non-hydrogen) atoms. The summed E-state index contributed by atoms with van der Waals surface area (Å²) in [5.41, 5.74) is 0. The van der Waals surface area contributed by atoms with Gasteiger partial charge in [0.05, 0.1) is 0 Å². The van der Waals surface area contributed by atoms with Gasteiger partial charge >= 0.3 is 172 Å². The first kappa shape index (κ1) is 23.8. The van der Waals surface area contributed by atoms with Gasteiger partial charge in [-0.15, -0.1) is 0 Å². The average Bonchev–Trinajstić information content (AvgIpc) is 2.79. The topological polar surface area (TPSA) is 141 Å². The second-order valence-corrected chi connectivity index (χ2v) is 14.7. The summed E-state index contributed by atoms with van der Waals surface area (Å²) in [5.74, 6) is -3.69. The van der Waals surface area contributed by atoms with Crippen LogP contribution in [0.5, 0.6) is 0 Å². The summed E-state index contributed by atoms with van der Waals surface area (Å²) in [7, 11) is 0. The van der Waals surface area contributed by atoms with E-state index in [1.54, 1.807) is 0 Å². The summed E-state index contributed by atoms with van der Waals surface area (Å²) in [6.07, 6.45) is 6.65. The van der Waals surface area contributed by atoms with Crippen molar-refractivity contribution in [2.24, 2.45) is 0 Å². The molecule has 0 spiro atoms. The normalized spacial score (nSPS) is 30.6. The number of hydrogen-bond acceptors (Lipinski definition) is 6. The Morgan fingerprint density at radius 3 is 1.88 bits per heavy atom. The van der Waals surface area contributed by atoms with Crippen molar-refractivity contribution in [3.8, 4) is 0 Å². The molecule has 0 aromatic heterocycles. The number of hydrogen-bond donors (Lipinski definition) is 4. The Kier molecular flexibility index (Phi) is 10.0. The summed E-state index contributed by atoms with van der Waals surface area (Å²) >= 11 is -2.66. The number of aliphatic carboxylic acids is 2. The Bertz CT molecular complexity index is 514. The molecule has 1 fully saturated rings. The van der Waals surface area contributed by atoms with Gasteiger partial charge in [0, 0.05) is 0 Å². The van der Waals surface area contributed by atoms with Gasteiger partial charge in [0.25, 0.3) is 0 Å². The molecule has 1 aliphatic heterocycles. The van der Waals surface area contributed by atoms with Crippen LogP contribution < -0.4 is 18.8 Å². The zero-order valence-electron chi connectivity index (χ0n) is 14.5. The van der Waals surface area contributed by atoms with E-state index in [0.29, 0.717) is 12.8 Å². The fourth-order valence-corrected chi connectivity index (χ4v) is 9.71. The number of carboxylic acids is 2. The standard InChI is InChI=1S/C16H27I2O8/c17-10-8-6-4-2-1-3-5-7-9-11-18(25)15(23)26-12(13(19)20)16(18,24)14(21)22/h12,24-25H,1-11H2,(H,19,20)(H,21,22)/q-1. The molecule has 0 aromatic carbocycles. The second kappa shape index (κ2) is 11.0. The van der Waals surface area contributed by atoms with Crippen LogP contribution in [0.15, 0.2) is 0 Å². The van der Waals surface area contributed by atoms with Crippen molar-refractivity contribution in [3.05, 3.63) is 0 Å². The van der Waals surface area contributed by atoms with Gasteiger partial charge in [0.15, 0.2) is 0 Å². The van der Waals surface area contributed by atoms with Crippen LogP contribution in [0, 0.1) is 0 Å². The zero-order chi connectivity index (χ0) is 19.8. The number of ether oxygens (including phenoxy) is 1. The Labute approximate surface area is 170 Å². The average molecular weight is 601 g/mol. The van der Waals surface area contributed by atoms with E-state index in [1.807, 2.05) is 0 Å². The van der Waals surface area contributed by atoms with E-state index in [9.17, 15) is 28.0 Å². The maximum absolute atomic E-state index is 11.9. The van der Waals surface area contributed by atoms with Crippen LogP contribution >= 0.6 is 22.6 Å². The van der Waals surface area contributed by atoms with Crippen LogP contribution in [0.25, 0.3) is 0 Å². The number of rotatable bonds is 13. The molecule has 0 saturated carbocycles. The number of carbonyl (C=O) groups is 3. The molecular weight excluding hydrogens is 574 g/mol. The fourth-order valence-electron chi connectivity index (χ4n) is 2.83. The molecule has 8 nitrogen and oxygen atoms in total. The number of alkyl halides is 3. The van der Waals surface area contributed by atoms with Crippen molar-refractivity contribution < 1.29 is 56.7 Å². The van der Waals surface area contributed by atoms with E-state index >= 15 is 0 Å². The molecule has 1 aliphatic rings. The van der Waals surface area contributed by atoms with Gasteiger partial charge < -0.3 is 0 Å². The number of carboxylic acid groups (broad SMARTS) is 2. The Morgan fingerprint density at radius 2 is 1.46 bits per heavy atom. The van der Waals surface area contributed by atoms with Crippen molar-refractivity contribution in [2.75, 3.05) is 8.86 Å². The first-order valence-electron chi connectivity index (χ1n) is 8.63. The predicted octanol–water partition coefficient (Wildman–Crippen LogP) is -0.623. The molecule has 3 atom stereocenters. The SMILES string of the molecule is O=C(O)C1OC(=O)[I-](O)(CCCCCCCCCCCI)C1(O)C(=O)O. The van der Waals surface area contributed by atoms with Crippen LogP contribution in [0.1, 0.15) is 57.8 Å². The molecule has 1 rings (SSSR count). The minimum atomic E-state index is -5.03. The van der Waals surface area contributed by atoms with E-state index in [4.69, 9.17) is 5.11 Å². The molecule has 1 heterocycles. The minimum absolute atomic E-state index is 0.187. The summed E-state index contributed by atoms with van der Waals surface area (Å²) in [6.45, 7) is 0. The maximum atomic E-state index is 11.9. The summed E-state index contributed by atoms with van der Waals surface area (Å²) in [5, 5.41) is 28.6. The zero-order valence-corrected chi connectivity index (χ0v) is 18.8. The fraction of sp³-hybridized carbons (Fsp3) is 0.812. The monoisotopic (exact) mass is 601 g/mol. The summed E-state index contributed by atoms with van der Waals surface area (Å²) in [6, 6.07) is 0. The van der Waals surface area contributed by atoms with Gasteiger partial charge in [0.2, 0.25) is 0 Å². The second-order valence-electron chi connectivity index (χ2n) is 6.26. The van der Waals surface area contributed by atoms with Crippen LogP contribution in [0.2, 0.25) is 0 Å². The van der Waals surface area contributed by atoms with E-state index < -0.39 is 44.5 Å². The molecule has 1 saturated heterocycles. The van der Waals surface area contributed by atoms with Crippen LogP contribution in [0.4, 0.5) is 4.79 Å². The number of unbranched alkanes of at least 4 members (excludes halogenated alkanes) is 8. The number of aliphatic hydroxyl groups is 1. The first-order chi connectivity index (χ1) is 12.2. The summed E-state index contributed by atoms with van der Waals surface area (Å²) in [4.78, 5) is 34.5. The Balaban J connectivity index is 2.46. The molecule has 0 aliphatic carbocycles. The van der Waals surface area contributed by atoms with Gasteiger partial charge in [-0.05, 0) is 0 Å². The molecule has 10 heteroatoms. The van der Waals surface area contributed by atoms with E-state index in [0.717, 1.165) is 19.3 Å². The van der Waals surface area contributed by atoms with Crippen molar-refractivity contribution >= 4 is 38.5 Å². The van der Waals surface area contributed by atoms with Crippen LogP contribution in [-0.4, -0.2) is 53.2 Å². The number of cyclic esters (lactones) is 1. The van der Waals surface area contributed by atoms with E-state index in [1.165, 1.54) is 30.1 Å². The van der Waals surface area contributed by atoms with Gasteiger partial charge in [-0.3, -0.25) is 0 Å². The number of carbonyl (C=O) groups excluding carboxylic acids is 1. The number of halogens is 2. The molecule has 0 radical (unpaired) electrons. The molecule has 3 unspecified atom stereocenters. The van der Waals surface area contributed by atoms with E-state index in [-0.39, 0.29) is 4.43 Å². The van der Waals surface area contributed by atoms with Gasteiger partial charge in [0.1, 0.15) is 0 Å². The first-order valence-corrected chi connectivity index (χ1v) is 14.8. The van der Waals surface area contributed by atoms with Gasteiger partial charge in [-0.25, -0.2) is 0 Å². The predicted molar refractivity (Wildman–Crippen MR) is 98.0 cm³/mol. The third kappa shape index (κ3) is 5.41. The van der Waals surface area contributed by atoms with Gasteiger partial charge in [-0.2, -0.15) is 0 Å². The Morgan fingerprint density at radius 1 is 1.00 bits per heavy atom. The summed E-state index contributed by atoms with van der Waals surface area (Å²) < 4.78 is 11.9.